The summed E-state index contributed by atoms with van der Waals surface area (Å²) in [4.78, 5) is 18.8. The number of tetrazole rings is 1. The van der Waals surface area contributed by atoms with Crippen LogP contribution in [0.4, 0.5) is 0 Å². The number of nitrogens with one attached hydrogen (secondary N) is 1. The van der Waals surface area contributed by atoms with Crippen LogP contribution in [0.1, 0.15) is 75.8 Å². The molecule has 1 N–H and O–H groups in total. The number of fused-ring (bicyclic) bond motifs is 1. The largest absolute Gasteiger partial charge is 0.494 e. The van der Waals surface area contributed by atoms with Gasteiger partial charge in [-0.2, -0.15) is 0 Å². The molecule has 3 heterocycles. The summed E-state index contributed by atoms with van der Waals surface area (Å²) in [6.07, 6.45) is 6.91. The van der Waals surface area contributed by atoms with Crippen molar-refractivity contribution in [2.24, 2.45) is 5.92 Å². The van der Waals surface area contributed by atoms with Crippen LogP contribution in [0.25, 0.3) is 10.9 Å². The van der Waals surface area contributed by atoms with Gasteiger partial charge >= 0.3 is 0 Å². The topological polar surface area (TPSA) is 88.9 Å². The van der Waals surface area contributed by atoms with Crippen LogP contribution in [0.5, 0.6) is 5.75 Å². The van der Waals surface area contributed by atoms with E-state index >= 15 is 0 Å². The molecule has 2 atom stereocenters. The molecule has 1 aliphatic heterocycles. The zero-order chi connectivity index (χ0) is 22.1. The molecule has 3 aromatic rings. The Balaban J connectivity index is 1.63. The minimum absolute atomic E-state index is 0.0779. The zero-order valence-electron chi connectivity index (χ0n) is 19.0. The Bertz CT molecular complexity index is 1130. The van der Waals surface area contributed by atoms with E-state index in [1.54, 1.807) is 0 Å². The fourth-order valence-electron chi connectivity index (χ4n) is 5.41. The van der Waals surface area contributed by atoms with Crippen molar-refractivity contribution >= 4 is 10.9 Å². The number of hydrogen-bond acceptors (Lipinski definition) is 6. The third kappa shape index (κ3) is 4.03. The van der Waals surface area contributed by atoms with Gasteiger partial charge in [0.2, 0.25) is 0 Å². The number of H-pyrrole nitrogens is 1. The number of benzene rings is 1. The molecule has 1 aliphatic carbocycles. The van der Waals surface area contributed by atoms with E-state index in [9.17, 15) is 4.79 Å². The van der Waals surface area contributed by atoms with Crippen molar-refractivity contribution in [2.45, 2.75) is 64.5 Å². The summed E-state index contributed by atoms with van der Waals surface area (Å²) in [5.74, 6) is 2.17. The molecule has 5 rings (SSSR count). The molecular weight excluding hydrogens is 404 g/mol. The predicted molar refractivity (Wildman–Crippen MR) is 123 cm³/mol. The highest BCUT2D eigenvalue weighted by Gasteiger charge is 2.34. The third-order valence-corrected chi connectivity index (χ3v) is 6.94. The lowest BCUT2D eigenvalue weighted by Crippen LogP contribution is -2.41. The Morgan fingerprint density at radius 2 is 2.03 bits per heavy atom. The number of aromatic amines is 1. The van der Waals surface area contributed by atoms with Crippen molar-refractivity contribution in [1.82, 2.24) is 30.1 Å². The van der Waals surface area contributed by atoms with Crippen LogP contribution >= 0.6 is 0 Å². The quantitative estimate of drug-likeness (QED) is 0.631. The number of rotatable bonds is 6. The lowest BCUT2D eigenvalue weighted by Gasteiger charge is -2.36. The highest BCUT2D eigenvalue weighted by Crippen LogP contribution is 2.35. The summed E-state index contributed by atoms with van der Waals surface area (Å²) in [6, 6.07) is 7.85. The standard InChI is InChI=1S/C24H32N6O2/c1-3-32-19-10-11-21-17(13-19)14-20(24(31)25-21)22(29-12-6-7-16(2)15-29)23-26-27-28-30(23)18-8-4-5-9-18/h10-11,13-14,16,18,22H,3-9,12,15H2,1-2H3,(H,25,31)/t16-,22-/m0/s1. The number of likely N-dealkylation sites (tertiary alicyclic amines) is 1. The van der Waals surface area contributed by atoms with Gasteiger partial charge in [0, 0.05) is 23.0 Å². The van der Waals surface area contributed by atoms with Crippen LogP contribution in [-0.2, 0) is 0 Å². The minimum Gasteiger partial charge on any atom is -0.494 e. The fraction of sp³-hybridized carbons (Fsp3) is 0.583. The summed E-state index contributed by atoms with van der Waals surface area (Å²) in [6.45, 7) is 6.72. The van der Waals surface area contributed by atoms with Crippen molar-refractivity contribution in [3.8, 4) is 5.75 Å². The van der Waals surface area contributed by atoms with Gasteiger partial charge in [-0.1, -0.05) is 19.8 Å². The maximum absolute atomic E-state index is 13.3. The maximum atomic E-state index is 13.3. The molecule has 170 valence electrons. The molecule has 0 unspecified atom stereocenters. The molecule has 1 aromatic carbocycles. The first-order valence-corrected chi connectivity index (χ1v) is 12.0. The van der Waals surface area contributed by atoms with Crippen LogP contribution in [0.15, 0.2) is 29.1 Å². The SMILES string of the molecule is CCOc1ccc2[nH]c(=O)c([C@@H](c3nnnn3C3CCCC3)N3CCC[C@H](C)C3)cc2c1. The van der Waals surface area contributed by atoms with Gasteiger partial charge in [-0.05, 0) is 79.8 Å². The number of aromatic nitrogens is 5. The molecule has 2 aliphatic rings. The van der Waals surface area contributed by atoms with Crippen LogP contribution in [0.3, 0.4) is 0 Å². The molecule has 0 amide bonds. The summed E-state index contributed by atoms with van der Waals surface area (Å²) in [5.41, 5.74) is 1.43. The Morgan fingerprint density at radius 1 is 1.19 bits per heavy atom. The van der Waals surface area contributed by atoms with Gasteiger partial charge in [0.05, 0.1) is 12.6 Å². The van der Waals surface area contributed by atoms with Gasteiger partial charge in [-0.3, -0.25) is 9.69 Å². The second-order valence-electron chi connectivity index (χ2n) is 9.30. The van der Waals surface area contributed by atoms with Gasteiger partial charge in [-0.15, -0.1) is 5.10 Å². The number of ether oxygens (including phenoxy) is 1. The number of nitrogens with zero attached hydrogens (tertiary/aromatic N) is 5. The van der Waals surface area contributed by atoms with Crippen LogP contribution in [0.2, 0.25) is 0 Å². The van der Waals surface area contributed by atoms with E-state index in [2.05, 4.69) is 32.3 Å². The molecule has 1 saturated carbocycles. The van der Waals surface area contributed by atoms with Crippen LogP contribution in [-0.4, -0.2) is 49.8 Å². The van der Waals surface area contributed by atoms with Gasteiger partial charge in [0.1, 0.15) is 11.8 Å². The smallest absolute Gasteiger partial charge is 0.253 e. The van der Waals surface area contributed by atoms with E-state index < -0.39 is 0 Å². The Labute approximate surface area is 188 Å². The molecule has 8 heteroatoms. The first kappa shape index (κ1) is 21.1. The van der Waals surface area contributed by atoms with Crippen molar-refractivity contribution in [1.29, 1.82) is 0 Å². The number of pyridine rings is 1. The lowest BCUT2D eigenvalue weighted by atomic mass is 9.95. The Morgan fingerprint density at radius 3 is 2.81 bits per heavy atom. The minimum atomic E-state index is -0.266. The monoisotopic (exact) mass is 436 g/mol. The highest BCUT2D eigenvalue weighted by atomic mass is 16.5. The molecule has 2 aromatic heterocycles. The molecule has 8 nitrogen and oxygen atoms in total. The summed E-state index contributed by atoms with van der Waals surface area (Å²) < 4.78 is 7.69. The van der Waals surface area contributed by atoms with Gasteiger partial charge in [0.25, 0.3) is 5.56 Å². The Hall–Kier alpha value is -2.74. The van der Waals surface area contributed by atoms with E-state index in [0.29, 0.717) is 24.1 Å². The van der Waals surface area contributed by atoms with Gasteiger partial charge < -0.3 is 9.72 Å². The molecule has 0 radical (unpaired) electrons. The van der Waals surface area contributed by atoms with E-state index in [1.165, 1.54) is 19.3 Å². The molecule has 32 heavy (non-hydrogen) atoms. The van der Waals surface area contributed by atoms with Crippen molar-refractivity contribution in [3.05, 3.63) is 46.0 Å². The summed E-state index contributed by atoms with van der Waals surface area (Å²) >= 11 is 0. The second-order valence-corrected chi connectivity index (χ2v) is 9.30. The van der Waals surface area contributed by atoms with Crippen molar-refractivity contribution in [3.63, 3.8) is 0 Å². The predicted octanol–water partition coefficient (Wildman–Crippen LogP) is 3.85. The average molecular weight is 437 g/mol. The van der Waals surface area contributed by atoms with E-state index in [4.69, 9.17) is 4.74 Å². The molecule has 2 fully saturated rings. The van der Waals surface area contributed by atoms with E-state index in [1.807, 2.05) is 35.9 Å². The van der Waals surface area contributed by atoms with E-state index in [0.717, 1.165) is 54.8 Å². The summed E-state index contributed by atoms with van der Waals surface area (Å²) in [5, 5.41) is 13.9. The lowest BCUT2D eigenvalue weighted by molar-refractivity contribution is 0.139. The molecule has 1 saturated heterocycles. The maximum Gasteiger partial charge on any atom is 0.253 e. The van der Waals surface area contributed by atoms with Crippen LogP contribution < -0.4 is 10.3 Å². The summed E-state index contributed by atoms with van der Waals surface area (Å²) in [7, 11) is 0. The third-order valence-electron chi connectivity index (χ3n) is 6.94. The first-order valence-electron chi connectivity index (χ1n) is 12.0. The van der Waals surface area contributed by atoms with Gasteiger partial charge in [-0.25, -0.2) is 4.68 Å². The van der Waals surface area contributed by atoms with E-state index in [-0.39, 0.29) is 11.6 Å². The van der Waals surface area contributed by atoms with Gasteiger partial charge in [0.15, 0.2) is 5.82 Å². The fourth-order valence-corrected chi connectivity index (χ4v) is 5.41. The van der Waals surface area contributed by atoms with Crippen molar-refractivity contribution in [2.75, 3.05) is 19.7 Å². The van der Waals surface area contributed by atoms with Crippen LogP contribution in [0, 0.1) is 5.92 Å². The Kier molecular flexibility index (Phi) is 5.95. The number of piperidine rings is 1. The molecular formula is C24H32N6O2. The molecule has 0 bridgehead atoms. The molecule has 0 spiro atoms. The average Bonchev–Trinajstić information content (AvgIpc) is 3.47. The zero-order valence-corrected chi connectivity index (χ0v) is 19.0. The first-order chi connectivity index (χ1) is 15.6. The van der Waals surface area contributed by atoms with Crippen molar-refractivity contribution < 1.29 is 4.74 Å². The number of hydrogen-bond donors (Lipinski definition) is 1. The normalized spacial score (nSPS) is 21.2. The highest BCUT2D eigenvalue weighted by molar-refractivity contribution is 5.80. The second kappa shape index (κ2) is 9.02.